The van der Waals surface area contributed by atoms with Crippen LogP contribution in [0.25, 0.3) is 0 Å². The largest absolute Gasteiger partial charge is 0.483 e. The van der Waals surface area contributed by atoms with Gasteiger partial charge >= 0.3 is 0 Å². The highest BCUT2D eigenvalue weighted by atomic mass is 16.5. The van der Waals surface area contributed by atoms with E-state index in [1.54, 1.807) is 4.90 Å². The van der Waals surface area contributed by atoms with Crippen LogP contribution in [0, 0.1) is 27.7 Å². The Morgan fingerprint density at radius 2 is 1.55 bits per heavy atom. The van der Waals surface area contributed by atoms with E-state index >= 15 is 0 Å². The predicted octanol–water partition coefficient (Wildman–Crippen LogP) is 3.64. The van der Waals surface area contributed by atoms with Crippen LogP contribution in [0.1, 0.15) is 45.5 Å². The second-order valence-corrected chi connectivity index (χ2v) is 8.43. The van der Waals surface area contributed by atoms with Gasteiger partial charge in [0.25, 0.3) is 11.8 Å². The van der Waals surface area contributed by atoms with Crippen LogP contribution in [0.2, 0.25) is 0 Å². The van der Waals surface area contributed by atoms with Crippen LogP contribution in [-0.4, -0.2) is 54.4 Å². The zero-order chi connectivity index (χ0) is 22.7. The summed E-state index contributed by atoms with van der Waals surface area (Å²) in [6, 6.07) is 9.44. The lowest BCUT2D eigenvalue weighted by molar-refractivity contribution is -0.134. The van der Waals surface area contributed by atoms with Gasteiger partial charge in [-0.25, -0.2) is 0 Å². The average Bonchev–Trinajstić information content (AvgIpc) is 2.81. The number of piperidine rings is 1. The number of hydrogen-bond acceptors (Lipinski definition) is 4. The molecule has 0 spiro atoms. The number of likely N-dealkylation sites (tertiary alicyclic amines) is 1. The number of likely N-dealkylation sites (N-methyl/N-ethyl adjacent to an activating group) is 1. The molecule has 1 aliphatic rings. The first-order chi connectivity index (χ1) is 14.7. The van der Waals surface area contributed by atoms with Gasteiger partial charge in [0.05, 0.1) is 0 Å². The number of carbonyl (C=O) groups excluding carboxylic acids is 2. The van der Waals surface area contributed by atoms with Gasteiger partial charge in [-0.05, 0) is 74.9 Å². The van der Waals surface area contributed by atoms with Crippen molar-refractivity contribution >= 4 is 17.5 Å². The molecule has 6 heteroatoms. The average molecular weight is 424 g/mol. The smallest absolute Gasteiger partial charge is 0.260 e. The van der Waals surface area contributed by atoms with Crippen molar-refractivity contribution in [2.75, 3.05) is 32.5 Å². The standard InChI is InChI=1S/C25H33N3O3/c1-16-18(3)24(19(4)17(2)23(16)26)31-15-22(29)27(5)21-11-13-28(14-12-21)25(30)20-9-7-6-8-10-20/h6-10,21H,11-15,26H2,1-5H3. The molecule has 6 nitrogen and oxygen atoms in total. The minimum Gasteiger partial charge on any atom is -0.483 e. The number of carbonyl (C=O) groups is 2. The normalized spacial score (nSPS) is 14.4. The molecular weight excluding hydrogens is 390 g/mol. The Morgan fingerprint density at radius 1 is 1.00 bits per heavy atom. The molecule has 2 amide bonds. The van der Waals surface area contributed by atoms with Crippen molar-refractivity contribution in [1.29, 1.82) is 0 Å². The summed E-state index contributed by atoms with van der Waals surface area (Å²) in [5.41, 5.74) is 11.6. The lowest BCUT2D eigenvalue weighted by atomic mass is 9.97. The third kappa shape index (κ3) is 4.68. The van der Waals surface area contributed by atoms with Gasteiger partial charge in [-0.3, -0.25) is 9.59 Å². The van der Waals surface area contributed by atoms with Gasteiger partial charge in [0, 0.05) is 37.4 Å². The lowest BCUT2D eigenvalue weighted by Crippen LogP contribution is -2.48. The summed E-state index contributed by atoms with van der Waals surface area (Å²) in [6.45, 7) is 9.17. The number of anilines is 1. The molecule has 0 bridgehead atoms. The fourth-order valence-corrected chi connectivity index (χ4v) is 4.18. The van der Waals surface area contributed by atoms with Crippen LogP contribution in [0.4, 0.5) is 5.69 Å². The number of ether oxygens (including phenoxy) is 1. The minimum atomic E-state index is -0.0567. The van der Waals surface area contributed by atoms with E-state index in [0.717, 1.165) is 46.5 Å². The van der Waals surface area contributed by atoms with Gasteiger partial charge in [0.1, 0.15) is 5.75 Å². The number of nitrogen functional groups attached to an aromatic ring is 1. The molecule has 0 radical (unpaired) electrons. The molecule has 166 valence electrons. The van der Waals surface area contributed by atoms with E-state index in [4.69, 9.17) is 10.5 Å². The molecule has 2 aromatic carbocycles. The molecule has 0 aliphatic carbocycles. The number of nitrogens with zero attached hydrogens (tertiary/aromatic N) is 2. The Hall–Kier alpha value is -3.02. The first kappa shape index (κ1) is 22.7. The molecule has 1 saturated heterocycles. The highest BCUT2D eigenvalue weighted by Crippen LogP contribution is 2.34. The van der Waals surface area contributed by atoms with Crippen molar-refractivity contribution in [1.82, 2.24) is 9.80 Å². The Balaban J connectivity index is 1.57. The van der Waals surface area contributed by atoms with Crippen LogP contribution in [0.15, 0.2) is 30.3 Å². The van der Waals surface area contributed by atoms with E-state index in [2.05, 4.69) is 0 Å². The van der Waals surface area contributed by atoms with Crippen LogP contribution in [0.3, 0.4) is 0 Å². The summed E-state index contributed by atoms with van der Waals surface area (Å²) >= 11 is 0. The molecule has 0 atom stereocenters. The van der Waals surface area contributed by atoms with Crippen LogP contribution in [-0.2, 0) is 4.79 Å². The summed E-state index contributed by atoms with van der Waals surface area (Å²) in [5, 5.41) is 0. The molecule has 1 heterocycles. The summed E-state index contributed by atoms with van der Waals surface area (Å²) < 4.78 is 5.96. The minimum absolute atomic E-state index is 0.00978. The number of rotatable bonds is 5. The van der Waals surface area contributed by atoms with E-state index in [0.29, 0.717) is 18.7 Å². The van der Waals surface area contributed by atoms with Crippen molar-refractivity contribution in [3.05, 3.63) is 58.1 Å². The number of nitrogens with two attached hydrogens (primary N) is 1. The van der Waals surface area contributed by atoms with Crippen LogP contribution in [0.5, 0.6) is 5.75 Å². The maximum atomic E-state index is 12.8. The molecule has 3 rings (SSSR count). The molecule has 1 aliphatic heterocycles. The Bertz CT molecular complexity index is 935. The topological polar surface area (TPSA) is 75.9 Å². The first-order valence-corrected chi connectivity index (χ1v) is 10.8. The summed E-state index contributed by atoms with van der Waals surface area (Å²) in [4.78, 5) is 29.1. The monoisotopic (exact) mass is 423 g/mol. The number of benzene rings is 2. The van der Waals surface area contributed by atoms with Gasteiger partial charge in [-0.2, -0.15) is 0 Å². The van der Waals surface area contributed by atoms with Crippen LogP contribution < -0.4 is 10.5 Å². The van der Waals surface area contributed by atoms with Crippen LogP contribution >= 0.6 is 0 Å². The maximum absolute atomic E-state index is 12.8. The predicted molar refractivity (Wildman–Crippen MR) is 123 cm³/mol. The molecule has 0 saturated carbocycles. The highest BCUT2D eigenvalue weighted by Gasteiger charge is 2.28. The summed E-state index contributed by atoms with van der Waals surface area (Å²) in [6.07, 6.45) is 1.53. The third-order valence-electron chi connectivity index (χ3n) is 6.67. The van der Waals surface area contributed by atoms with Gasteiger partial charge in [-0.15, -0.1) is 0 Å². The second-order valence-electron chi connectivity index (χ2n) is 8.43. The van der Waals surface area contributed by atoms with Gasteiger partial charge < -0.3 is 20.3 Å². The van der Waals surface area contributed by atoms with Gasteiger partial charge in [-0.1, -0.05) is 18.2 Å². The van der Waals surface area contributed by atoms with Crippen molar-refractivity contribution in [3.8, 4) is 5.75 Å². The molecule has 0 aromatic heterocycles. The van der Waals surface area contributed by atoms with E-state index < -0.39 is 0 Å². The fourth-order valence-electron chi connectivity index (χ4n) is 4.18. The van der Waals surface area contributed by atoms with Crippen molar-refractivity contribution in [2.24, 2.45) is 0 Å². The Kier molecular flexibility index (Phi) is 6.88. The molecule has 31 heavy (non-hydrogen) atoms. The zero-order valence-electron chi connectivity index (χ0n) is 19.2. The van der Waals surface area contributed by atoms with Gasteiger partial charge in [0.15, 0.2) is 6.61 Å². The SMILES string of the molecule is Cc1c(C)c(OCC(=O)N(C)C2CCN(C(=O)c3ccccc3)CC2)c(C)c(C)c1N. The number of amides is 2. The molecule has 1 fully saturated rings. The first-order valence-electron chi connectivity index (χ1n) is 10.8. The lowest BCUT2D eigenvalue weighted by Gasteiger charge is -2.36. The Morgan fingerprint density at radius 3 is 2.10 bits per heavy atom. The molecular formula is C25H33N3O3. The zero-order valence-corrected chi connectivity index (χ0v) is 19.2. The van der Waals surface area contributed by atoms with Crippen molar-refractivity contribution in [2.45, 2.75) is 46.6 Å². The second kappa shape index (κ2) is 9.41. The molecule has 2 aromatic rings. The Labute approximate surface area is 185 Å². The summed E-state index contributed by atoms with van der Waals surface area (Å²) in [7, 11) is 1.82. The fraction of sp³-hybridized carbons (Fsp3) is 0.440. The van der Waals surface area contributed by atoms with Gasteiger partial charge in [0.2, 0.25) is 0 Å². The molecule has 0 unspecified atom stereocenters. The van der Waals surface area contributed by atoms with E-state index in [1.807, 2.05) is 70.0 Å². The number of hydrogen-bond donors (Lipinski definition) is 1. The maximum Gasteiger partial charge on any atom is 0.260 e. The highest BCUT2D eigenvalue weighted by molar-refractivity contribution is 5.94. The van der Waals surface area contributed by atoms with E-state index in [9.17, 15) is 9.59 Å². The third-order valence-corrected chi connectivity index (χ3v) is 6.67. The summed E-state index contributed by atoms with van der Waals surface area (Å²) in [5.74, 6) is 0.740. The van der Waals surface area contributed by atoms with Crippen molar-refractivity contribution < 1.29 is 14.3 Å². The van der Waals surface area contributed by atoms with E-state index in [1.165, 1.54) is 0 Å². The molecule has 2 N–H and O–H groups in total. The van der Waals surface area contributed by atoms with E-state index in [-0.39, 0.29) is 24.5 Å². The van der Waals surface area contributed by atoms with Crippen molar-refractivity contribution in [3.63, 3.8) is 0 Å². The quantitative estimate of drug-likeness (QED) is 0.745.